The van der Waals surface area contributed by atoms with E-state index in [-0.39, 0.29) is 0 Å². The molecule has 0 aliphatic carbocycles. The first-order valence-electron chi connectivity index (χ1n) is 19.2. The highest BCUT2D eigenvalue weighted by Gasteiger charge is 2.07. The molecule has 2 rings (SSSR count). The maximum atomic E-state index is 6.22. The number of unbranched alkanes of at least 4 members (excludes halogenated alkanes) is 24. The first-order valence-corrected chi connectivity index (χ1v) is 19.2. The maximum absolute atomic E-state index is 6.22. The molecule has 0 radical (unpaired) electrons. The average molecular weight is 591 g/mol. The summed E-state index contributed by atoms with van der Waals surface area (Å²) in [7, 11) is 0. The van der Waals surface area contributed by atoms with Crippen LogP contribution in [-0.2, 0) is 12.8 Å². The smallest absolute Gasteiger partial charge is 0.127 e. The summed E-state index contributed by atoms with van der Waals surface area (Å²) in [5.74, 6) is 1.92. The summed E-state index contributed by atoms with van der Waals surface area (Å²) in [6.45, 7) is 4.61. The van der Waals surface area contributed by atoms with Crippen molar-refractivity contribution < 1.29 is 4.74 Å². The van der Waals surface area contributed by atoms with Crippen molar-refractivity contribution in [3.05, 3.63) is 59.7 Å². The van der Waals surface area contributed by atoms with Crippen LogP contribution in [-0.4, -0.2) is 0 Å². The molecule has 0 N–H and O–H groups in total. The Morgan fingerprint density at radius 2 is 0.721 bits per heavy atom. The molecule has 0 saturated carbocycles. The van der Waals surface area contributed by atoms with Crippen LogP contribution in [0.2, 0.25) is 0 Å². The molecule has 0 aliphatic rings. The summed E-state index contributed by atoms with van der Waals surface area (Å²) in [6, 6.07) is 17.1. The van der Waals surface area contributed by atoms with Crippen molar-refractivity contribution in [1.29, 1.82) is 0 Å². The summed E-state index contributed by atoms with van der Waals surface area (Å²) in [6.07, 6.45) is 39.2. The van der Waals surface area contributed by atoms with Crippen LogP contribution in [0.4, 0.5) is 0 Å². The largest absolute Gasteiger partial charge is 0.457 e. The summed E-state index contributed by atoms with van der Waals surface area (Å²) < 4.78 is 6.22. The minimum Gasteiger partial charge on any atom is -0.457 e. The number of hydrogen-bond acceptors (Lipinski definition) is 1. The minimum absolute atomic E-state index is 0.929. The van der Waals surface area contributed by atoms with E-state index in [0.717, 1.165) is 11.5 Å². The lowest BCUT2D eigenvalue weighted by Crippen LogP contribution is -1.97. The Kier molecular flexibility index (Phi) is 24.2. The zero-order valence-electron chi connectivity index (χ0n) is 28.8. The molecule has 0 heterocycles. The van der Waals surface area contributed by atoms with Crippen molar-refractivity contribution in [2.45, 2.75) is 194 Å². The van der Waals surface area contributed by atoms with Crippen molar-refractivity contribution in [2.24, 2.45) is 0 Å². The highest BCUT2D eigenvalue weighted by Crippen LogP contribution is 2.27. The van der Waals surface area contributed by atoms with E-state index in [1.807, 2.05) is 30.3 Å². The lowest BCUT2D eigenvalue weighted by molar-refractivity contribution is 0.481. The molecule has 0 unspecified atom stereocenters. The van der Waals surface area contributed by atoms with Crippen LogP contribution in [0, 0.1) is 0 Å². The number of hydrogen-bond donors (Lipinski definition) is 0. The molecule has 0 aromatic heterocycles. The van der Waals surface area contributed by atoms with Crippen LogP contribution >= 0.6 is 0 Å². The van der Waals surface area contributed by atoms with Gasteiger partial charge in [0.15, 0.2) is 0 Å². The van der Waals surface area contributed by atoms with Gasteiger partial charge in [0.2, 0.25) is 0 Å². The summed E-state index contributed by atoms with van der Waals surface area (Å²) >= 11 is 0. The highest BCUT2D eigenvalue weighted by atomic mass is 16.5. The SMILES string of the molecule is CCCCCCCCCCCCCCCc1ccc(Oc2ccccc2)cc1CCCCCCCCCCCCCCC. The molecule has 0 fully saturated rings. The summed E-state index contributed by atoms with van der Waals surface area (Å²) in [4.78, 5) is 0. The second-order valence-electron chi connectivity index (χ2n) is 13.3. The average Bonchev–Trinajstić information content (AvgIpc) is 3.03. The third kappa shape index (κ3) is 20.8. The van der Waals surface area contributed by atoms with Crippen molar-refractivity contribution in [1.82, 2.24) is 0 Å². The maximum Gasteiger partial charge on any atom is 0.127 e. The Hall–Kier alpha value is -1.76. The Bertz CT molecular complexity index is 856. The van der Waals surface area contributed by atoms with Gasteiger partial charge in [-0.05, 0) is 61.1 Å². The van der Waals surface area contributed by atoms with E-state index in [1.165, 1.54) is 185 Å². The molecule has 0 aliphatic heterocycles. The summed E-state index contributed by atoms with van der Waals surface area (Å²) in [5, 5.41) is 0. The lowest BCUT2D eigenvalue weighted by atomic mass is 9.96. The monoisotopic (exact) mass is 591 g/mol. The Morgan fingerprint density at radius 1 is 0.349 bits per heavy atom. The second-order valence-corrected chi connectivity index (χ2v) is 13.3. The number of rotatable bonds is 30. The van der Waals surface area contributed by atoms with E-state index in [9.17, 15) is 0 Å². The first kappa shape index (κ1) is 37.4. The quantitative estimate of drug-likeness (QED) is 0.0822. The van der Waals surface area contributed by atoms with Gasteiger partial charge >= 0.3 is 0 Å². The van der Waals surface area contributed by atoms with Crippen molar-refractivity contribution in [3.63, 3.8) is 0 Å². The molecule has 2 aromatic rings. The minimum atomic E-state index is 0.929. The van der Waals surface area contributed by atoms with E-state index in [4.69, 9.17) is 4.74 Å². The highest BCUT2D eigenvalue weighted by molar-refractivity contribution is 5.38. The predicted octanol–water partition coefficient (Wildman–Crippen LogP) is 14.7. The van der Waals surface area contributed by atoms with Gasteiger partial charge in [0, 0.05) is 0 Å². The number of aryl methyl sites for hydroxylation is 2. The molecule has 244 valence electrons. The molecular formula is C42H70O. The van der Waals surface area contributed by atoms with Crippen molar-refractivity contribution >= 4 is 0 Å². The zero-order valence-corrected chi connectivity index (χ0v) is 28.8. The van der Waals surface area contributed by atoms with E-state index < -0.39 is 0 Å². The van der Waals surface area contributed by atoms with Gasteiger partial charge in [-0.2, -0.15) is 0 Å². The molecule has 43 heavy (non-hydrogen) atoms. The summed E-state index contributed by atoms with van der Waals surface area (Å²) in [5.41, 5.74) is 3.08. The number of ether oxygens (including phenoxy) is 1. The lowest BCUT2D eigenvalue weighted by Gasteiger charge is -2.13. The number of para-hydroxylation sites is 1. The van der Waals surface area contributed by atoms with Gasteiger partial charge in [0.1, 0.15) is 11.5 Å². The van der Waals surface area contributed by atoms with Gasteiger partial charge in [-0.3, -0.25) is 0 Å². The Morgan fingerprint density at radius 3 is 1.14 bits per heavy atom. The van der Waals surface area contributed by atoms with Gasteiger partial charge in [-0.15, -0.1) is 0 Å². The topological polar surface area (TPSA) is 9.23 Å². The number of benzene rings is 2. The third-order valence-corrected chi connectivity index (χ3v) is 9.26. The van der Waals surface area contributed by atoms with Crippen LogP contribution in [0.5, 0.6) is 11.5 Å². The van der Waals surface area contributed by atoms with Gasteiger partial charge in [0.05, 0.1) is 0 Å². The fourth-order valence-corrected chi connectivity index (χ4v) is 6.43. The Labute approximate surface area is 269 Å². The molecule has 0 spiro atoms. The molecule has 2 aromatic carbocycles. The van der Waals surface area contributed by atoms with Crippen LogP contribution in [0.3, 0.4) is 0 Å². The van der Waals surface area contributed by atoms with Gasteiger partial charge in [-0.1, -0.05) is 192 Å². The molecule has 0 bridgehead atoms. The van der Waals surface area contributed by atoms with Crippen LogP contribution < -0.4 is 4.74 Å². The molecule has 1 heteroatoms. The Balaban J connectivity index is 1.63. The normalized spacial score (nSPS) is 11.3. The third-order valence-electron chi connectivity index (χ3n) is 9.26. The van der Waals surface area contributed by atoms with E-state index in [0.29, 0.717) is 0 Å². The van der Waals surface area contributed by atoms with Crippen LogP contribution in [0.15, 0.2) is 48.5 Å². The molecule has 0 saturated heterocycles. The second kappa shape index (κ2) is 27.8. The predicted molar refractivity (Wildman–Crippen MR) is 192 cm³/mol. The van der Waals surface area contributed by atoms with Crippen molar-refractivity contribution in [2.75, 3.05) is 0 Å². The van der Waals surface area contributed by atoms with Gasteiger partial charge in [-0.25, -0.2) is 0 Å². The standard InChI is InChI=1S/C42H70O/c1-3-5-7-9-11-13-15-17-19-21-23-25-28-32-39-36-37-42(43-41-34-30-27-31-35-41)38-40(39)33-29-26-24-22-20-18-16-14-12-10-8-6-4-2/h27,30-31,34-38H,3-26,28-29,32-33H2,1-2H3. The van der Waals surface area contributed by atoms with E-state index >= 15 is 0 Å². The van der Waals surface area contributed by atoms with Crippen LogP contribution in [0.1, 0.15) is 192 Å². The zero-order chi connectivity index (χ0) is 30.5. The van der Waals surface area contributed by atoms with Gasteiger partial charge in [0.25, 0.3) is 0 Å². The van der Waals surface area contributed by atoms with Crippen molar-refractivity contribution in [3.8, 4) is 11.5 Å². The molecule has 0 atom stereocenters. The first-order chi connectivity index (χ1) is 21.3. The van der Waals surface area contributed by atoms with Gasteiger partial charge < -0.3 is 4.74 Å². The van der Waals surface area contributed by atoms with E-state index in [2.05, 4.69) is 32.0 Å². The molecule has 0 amide bonds. The van der Waals surface area contributed by atoms with Crippen LogP contribution in [0.25, 0.3) is 0 Å². The molecule has 1 nitrogen and oxygen atoms in total. The fraction of sp³-hybridized carbons (Fsp3) is 0.714. The molecular weight excluding hydrogens is 520 g/mol. The van der Waals surface area contributed by atoms with E-state index in [1.54, 1.807) is 5.56 Å². The fourth-order valence-electron chi connectivity index (χ4n) is 6.43.